The molecule has 0 aromatic heterocycles. The van der Waals surface area contributed by atoms with Gasteiger partial charge in [0.25, 0.3) is 0 Å². The molecule has 0 aromatic rings. The highest BCUT2D eigenvalue weighted by atomic mass is 79.9. The van der Waals surface area contributed by atoms with Crippen molar-refractivity contribution in [3.05, 3.63) is 21.7 Å². The summed E-state index contributed by atoms with van der Waals surface area (Å²) in [6, 6.07) is 0. The van der Waals surface area contributed by atoms with Crippen LogP contribution in [0.25, 0.3) is 0 Å². The summed E-state index contributed by atoms with van der Waals surface area (Å²) in [5.41, 5.74) is 0. The van der Waals surface area contributed by atoms with Crippen LogP contribution in [0, 0.1) is 5.92 Å². The normalized spacial score (nSPS) is 33.7. The number of hydrogen-bond acceptors (Lipinski definition) is 3. The second-order valence-electron chi connectivity index (χ2n) is 4.35. The quantitative estimate of drug-likeness (QED) is 0.741. The summed E-state index contributed by atoms with van der Waals surface area (Å²) in [5.74, 6) is 0.185. The van der Waals surface area contributed by atoms with Crippen molar-refractivity contribution >= 4 is 33.5 Å². The molecule has 0 N–H and O–H groups in total. The number of rotatable bonds is 1. The lowest BCUT2D eigenvalue weighted by Gasteiger charge is -2.30. The van der Waals surface area contributed by atoms with Crippen molar-refractivity contribution in [1.29, 1.82) is 0 Å². The molecule has 15 heavy (non-hydrogen) atoms. The Kier molecular flexibility index (Phi) is 2.75. The van der Waals surface area contributed by atoms with Gasteiger partial charge in [-0.1, -0.05) is 15.9 Å². The van der Waals surface area contributed by atoms with Crippen LogP contribution in [0.2, 0.25) is 0 Å². The van der Waals surface area contributed by atoms with Crippen molar-refractivity contribution in [3.63, 3.8) is 0 Å². The highest BCUT2D eigenvalue weighted by molar-refractivity contribution is 9.11. The molecule has 0 saturated heterocycles. The first kappa shape index (κ1) is 11.3. The minimum absolute atomic E-state index is 0.00919. The predicted molar refractivity (Wildman–Crippen MR) is 65.8 cm³/mol. The summed E-state index contributed by atoms with van der Waals surface area (Å²) in [7, 11) is 0. The van der Waals surface area contributed by atoms with Gasteiger partial charge in [0, 0.05) is 15.3 Å². The Morgan fingerprint density at radius 2 is 2.20 bits per heavy atom. The van der Waals surface area contributed by atoms with Crippen molar-refractivity contribution in [2.24, 2.45) is 5.92 Å². The van der Waals surface area contributed by atoms with Crippen LogP contribution in [-0.2, 0) is 9.53 Å². The predicted octanol–water partition coefficient (Wildman–Crippen LogP) is 3.24. The zero-order chi connectivity index (χ0) is 11.2. The number of carbonyl (C=O) groups is 1. The Hall–Kier alpha value is -0.220. The number of hydrogen-bond donors (Lipinski definition) is 0. The molecule has 2 heterocycles. The van der Waals surface area contributed by atoms with Gasteiger partial charge in [-0.25, -0.2) is 0 Å². The molecule has 0 radical (unpaired) electrons. The van der Waals surface area contributed by atoms with E-state index >= 15 is 0 Å². The summed E-state index contributed by atoms with van der Waals surface area (Å²) < 4.78 is 6.52. The van der Waals surface area contributed by atoms with E-state index in [2.05, 4.69) is 36.7 Å². The van der Waals surface area contributed by atoms with E-state index in [9.17, 15) is 4.79 Å². The highest BCUT2D eigenvalue weighted by Gasteiger charge is 2.48. The molecule has 2 unspecified atom stereocenters. The molecule has 4 heteroatoms. The van der Waals surface area contributed by atoms with Crippen LogP contribution in [0.5, 0.6) is 0 Å². The number of thioether (sulfide) groups is 1. The van der Waals surface area contributed by atoms with Gasteiger partial charge < -0.3 is 4.74 Å². The van der Waals surface area contributed by atoms with Crippen LogP contribution < -0.4 is 0 Å². The minimum atomic E-state index is -0.348. The summed E-state index contributed by atoms with van der Waals surface area (Å²) in [6.07, 6.45) is 2.67. The smallest absolute Gasteiger partial charge is 0.199 e. The highest BCUT2D eigenvalue weighted by Crippen LogP contribution is 2.54. The largest absolute Gasteiger partial charge is 0.489 e. The van der Waals surface area contributed by atoms with Crippen molar-refractivity contribution in [3.8, 4) is 0 Å². The second kappa shape index (κ2) is 3.67. The first-order chi connectivity index (χ1) is 6.93. The zero-order valence-electron chi connectivity index (χ0n) is 8.91. The van der Waals surface area contributed by atoms with Gasteiger partial charge in [0.2, 0.25) is 0 Å². The molecule has 2 rings (SSSR count). The molecule has 0 spiro atoms. The maximum atomic E-state index is 11.6. The molecule has 2 aliphatic heterocycles. The van der Waals surface area contributed by atoms with E-state index in [4.69, 9.17) is 4.74 Å². The summed E-state index contributed by atoms with van der Waals surface area (Å²) >= 11 is 5.38. The Bertz CT molecular complexity index is 371. The number of ketones is 1. The third-order valence-corrected chi connectivity index (χ3v) is 5.47. The Balaban J connectivity index is 2.31. The number of carbonyl (C=O) groups excluding carboxylic acids is 1. The van der Waals surface area contributed by atoms with E-state index < -0.39 is 0 Å². The average Bonchev–Trinajstić information content (AvgIpc) is 2.57. The minimum Gasteiger partial charge on any atom is -0.489 e. The molecule has 0 fully saturated rings. The lowest BCUT2D eigenvalue weighted by Crippen LogP contribution is -2.38. The standard InChI is InChI=1S/C11H13BrO2S/c1-6-9(12)8(11(2,3)15-6)10-7(13)4-5-14-10/h4-5,8,10H,1-3H3. The van der Waals surface area contributed by atoms with Crippen LogP contribution in [0.3, 0.4) is 0 Å². The fraction of sp³-hybridized carbons (Fsp3) is 0.545. The fourth-order valence-corrected chi connectivity index (χ4v) is 4.71. The molecule has 2 atom stereocenters. The zero-order valence-corrected chi connectivity index (χ0v) is 11.3. The molecule has 0 bridgehead atoms. The lowest BCUT2D eigenvalue weighted by molar-refractivity contribution is -0.122. The SMILES string of the molecule is CC1=C(Br)C(C2OC=CC2=O)C(C)(C)S1. The first-order valence-corrected chi connectivity index (χ1v) is 6.45. The van der Waals surface area contributed by atoms with E-state index in [0.717, 1.165) is 4.48 Å². The van der Waals surface area contributed by atoms with E-state index in [0.29, 0.717) is 0 Å². The second-order valence-corrected chi connectivity index (χ2v) is 7.07. The Labute approximate surface area is 102 Å². The molecule has 82 valence electrons. The topological polar surface area (TPSA) is 26.3 Å². The Morgan fingerprint density at radius 1 is 1.53 bits per heavy atom. The van der Waals surface area contributed by atoms with E-state index in [1.165, 1.54) is 17.2 Å². The molecule has 2 aliphatic rings. The maximum absolute atomic E-state index is 11.6. The summed E-state index contributed by atoms with van der Waals surface area (Å²) in [5, 5.41) is 0. The van der Waals surface area contributed by atoms with Gasteiger partial charge in [-0.2, -0.15) is 0 Å². The maximum Gasteiger partial charge on any atom is 0.199 e. The fourth-order valence-electron chi connectivity index (χ4n) is 2.12. The van der Waals surface area contributed by atoms with Crippen LogP contribution in [-0.4, -0.2) is 16.6 Å². The van der Waals surface area contributed by atoms with Crippen LogP contribution in [0.4, 0.5) is 0 Å². The molecule has 0 aliphatic carbocycles. The molecular weight excluding hydrogens is 276 g/mol. The van der Waals surface area contributed by atoms with Crippen molar-refractivity contribution in [2.45, 2.75) is 31.6 Å². The molecule has 2 nitrogen and oxygen atoms in total. The molecule has 0 aromatic carbocycles. The third kappa shape index (κ3) is 1.78. The summed E-state index contributed by atoms with van der Waals surface area (Å²) in [4.78, 5) is 12.9. The van der Waals surface area contributed by atoms with Gasteiger partial charge in [-0.15, -0.1) is 11.8 Å². The van der Waals surface area contributed by atoms with E-state index in [-0.39, 0.29) is 22.6 Å². The van der Waals surface area contributed by atoms with Gasteiger partial charge in [0.1, 0.15) is 0 Å². The Morgan fingerprint density at radius 3 is 2.60 bits per heavy atom. The molecular formula is C11H13BrO2S. The number of ether oxygens (including phenoxy) is 1. The van der Waals surface area contributed by atoms with Gasteiger partial charge in [0.05, 0.1) is 12.2 Å². The number of halogens is 1. The van der Waals surface area contributed by atoms with Crippen LogP contribution in [0.15, 0.2) is 21.7 Å². The molecule has 0 amide bonds. The molecule has 0 saturated carbocycles. The van der Waals surface area contributed by atoms with Crippen LogP contribution in [0.1, 0.15) is 20.8 Å². The van der Waals surface area contributed by atoms with Gasteiger partial charge in [-0.05, 0) is 25.7 Å². The number of allylic oxidation sites excluding steroid dienone is 1. The van der Waals surface area contributed by atoms with Crippen molar-refractivity contribution in [2.75, 3.05) is 0 Å². The van der Waals surface area contributed by atoms with Gasteiger partial charge >= 0.3 is 0 Å². The summed E-state index contributed by atoms with van der Waals surface area (Å²) in [6.45, 7) is 6.37. The van der Waals surface area contributed by atoms with Crippen molar-refractivity contribution < 1.29 is 9.53 Å². The average molecular weight is 289 g/mol. The van der Waals surface area contributed by atoms with Gasteiger partial charge in [0.15, 0.2) is 11.9 Å². The van der Waals surface area contributed by atoms with Crippen LogP contribution >= 0.6 is 27.7 Å². The van der Waals surface area contributed by atoms with Gasteiger partial charge in [-0.3, -0.25) is 4.79 Å². The first-order valence-electron chi connectivity index (χ1n) is 4.84. The van der Waals surface area contributed by atoms with E-state index in [1.54, 1.807) is 11.8 Å². The van der Waals surface area contributed by atoms with Crippen molar-refractivity contribution in [1.82, 2.24) is 0 Å². The van der Waals surface area contributed by atoms with E-state index in [1.807, 2.05) is 0 Å². The third-order valence-electron chi connectivity index (χ3n) is 2.82. The monoisotopic (exact) mass is 288 g/mol. The lowest BCUT2D eigenvalue weighted by atomic mass is 9.87.